The Hall–Kier alpha value is -1.46. The number of hydrogen-bond acceptors (Lipinski definition) is 3. The van der Waals surface area contributed by atoms with Crippen molar-refractivity contribution in [2.24, 2.45) is 0 Å². The van der Waals surface area contributed by atoms with Gasteiger partial charge in [-0.2, -0.15) is 0 Å². The fraction of sp³-hybridized carbons (Fsp3) is 0.846. The van der Waals surface area contributed by atoms with Crippen LogP contribution in [0.1, 0.15) is 40.0 Å². The zero-order chi connectivity index (χ0) is 14.2. The average Bonchev–Trinajstić information content (AvgIpc) is 2.50. The predicted octanol–water partition coefficient (Wildman–Crippen LogP) is 2.14. The van der Waals surface area contributed by atoms with Gasteiger partial charge in [-0.25, -0.2) is 9.59 Å². The minimum Gasteiger partial charge on any atom is -0.465 e. The van der Waals surface area contributed by atoms with Crippen molar-refractivity contribution >= 4 is 12.2 Å². The summed E-state index contributed by atoms with van der Waals surface area (Å²) in [6, 6.07) is -0.0348. The Morgan fingerprint density at radius 2 is 1.79 bits per heavy atom. The Morgan fingerprint density at radius 1 is 1.16 bits per heavy atom. The highest BCUT2D eigenvalue weighted by Gasteiger charge is 2.41. The van der Waals surface area contributed by atoms with Gasteiger partial charge in [0.25, 0.3) is 0 Å². The number of carbonyl (C=O) groups is 2. The third-order valence-electron chi connectivity index (χ3n) is 3.66. The molecular weight excluding hydrogens is 248 g/mol. The second-order valence-corrected chi connectivity index (χ2v) is 6.29. The summed E-state index contributed by atoms with van der Waals surface area (Å²) < 4.78 is 5.36. The highest BCUT2D eigenvalue weighted by Crippen LogP contribution is 2.30. The van der Waals surface area contributed by atoms with Gasteiger partial charge < -0.3 is 19.6 Å². The molecule has 2 heterocycles. The number of rotatable bonds is 0. The van der Waals surface area contributed by atoms with Crippen LogP contribution in [0.25, 0.3) is 0 Å². The van der Waals surface area contributed by atoms with E-state index in [-0.39, 0.29) is 18.2 Å². The highest BCUT2D eigenvalue weighted by atomic mass is 16.6. The molecule has 2 fully saturated rings. The number of likely N-dealkylation sites (tertiary alicyclic amines) is 1. The minimum atomic E-state index is -0.876. The van der Waals surface area contributed by atoms with Crippen molar-refractivity contribution in [3.05, 3.63) is 0 Å². The quantitative estimate of drug-likeness (QED) is 0.732. The normalized spacial score (nSPS) is 27.1. The van der Waals surface area contributed by atoms with Crippen molar-refractivity contribution in [2.45, 2.75) is 57.7 Å². The third-order valence-corrected chi connectivity index (χ3v) is 3.66. The highest BCUT2D eigenvalue weighted by molar-refractivity contribution is 5.69. The molecule has 19 heavy (non-hydrogen) atoms. The zero-order valence-electron chi connectivity index (χ0n) is 11.8. The Morgan fingerprint density at radius 3 is 2.37 bits per heavy atom. The number of amides is 2. The molecule has 1 N–H and O–H groups in total. The lowest BCUT2D eigenvalue weighted by atomic mass is 10.1. The summed E-state index contributed by atoms with van der Waals surface area (Å²) in [5.41, 5.74) is -0.519. The third kappa shape index (κ3) is 3.11. The molecule has 0 spiro atoms. The molecule has 6 nitrogen and oxygen atoms in total. The minimum absolute atomic E-state index is 0.0509. The Kier molecular flexibility index (Phi) is 3.60. The van der Waals surface area contributed by atoms with Crippen LogP contribution in [0.3, 0.4) is 0 Å². The molecule has 2 aliphatic heterocycles. The van der Waals surface area contributed by atoms with Crippen LogP contribution < -0.4 is 0 Å². The first-order chi connectivity index (χ1) is 8.78. The van der Waals surface area contributed by atoms with Crippen LogP contribution in [0, 0.1) is 0 Å². The number of carboxylic acid groups (broad SMARTS) is 1. The Bertz CT molecular complexity index is 377. The molecule has 0 aromatic heterocycles. The van der Waals surface area contributed by atoms with Crippen LogP contribution in [-0.4, -0.2) is 57.9 Å². The molecule has 0 saturated carbocycles. The van der Waals surface area contributed by atoms with Crippen molar-refractivity contribution < 1.29 is 19.4 Å². The number of ether oxygens (including phenoxy) is 1. The van der Waals surface area contributed by atoms with Crippen molar-refractivity contribution in [1.29, 1.82) is 0 Å². The van der Waals surface area contributed by atoms with Gasteiger partial charge in [0.1, 0.15) is 5.60 Å². The lowest BCUT2D eigenvalue weighted by Gasteiger charge is -2.29. The second kappa shape index (κ2) is 4.90. The summed E-state index contributed by atoms with van der Waals surface area (Å²) in [6.07, 6.45) is 1.21. The largest absolute Gasteiger partial charge is 0.465 e. The van der Waals surface area contributed by atoms with Gasteiger partial charge in [-0.1, -0.05) is 0 Å². The van der Waals surface area contributed by atoms with Gasteiger partial charge >= 0.3 is 12.2 Å². The van der Waals surface area contributed by atoms with E-state index < -0.39 is 11.7 Å². The SMILES string of the molecule is CC(C)(C)OC(=O)N1CCC2CCC(C1)N2C(=O)O. The fourth-order valence-corrected chi connectivity index (χ4v) is 2.88. The molecule has 6 heteroatoms. The number of carbonyl (C=O) groups excluding carboxylic acids is 1. The van der Waals surface area contributed by atoms with Gasteiger partial charge in [0.05, 0.1) is 6.04 Å². The second-order valence-electron chi connectivity index (χ2n) is 6.29. The van der Waals surface area contributed by atoms with Crippen LogP contribution in [-0.2, 0) is 4.74 Å². The van der Waals surface area contributed by atoms with E-state index in [1.54, 1.807) is 4.90 Å². The van der Waals surface area contributed by atoms with Crippen LogP contribution >= 0.6 is 0 Å². The lowest BCUT2D eigenvalue weighted by molar-refractivity contribution is 0.0232. The first kappa shape index (κ1) is 14.0. The van der Waals surface area contributed by atoms with Crippen molar-refractivity contribution in [2.75, 3.05) is 13.1 Å². The van der Waals surface area contributed by atoms with Crippen molar-refractivity contribution in [3.63, 3.8) is 0 Å². The van der Waals surface area contributed by atoms with Crippen LogP contribution in [0.15, 0.2) is 0 Å². The van der Waals surface area contributed by atoms with Crippen molar-refractivity contribution in [1.82, 2.24) is 9.80 Å². The van der Waals surface area contributed by atoms with E-state index in [9.17, 15) is 14.7 Å². The molecule has 0 aromatic rings. The summed E-state index contributed by atoms with van der Waals surface area (Å²) in [6.45, 7) is 6.51. The molecule has 2 saturated heterocycles. The van der Waals surface area contributed by atoms with Gasteiger partial charge in [0.2, 0.25) is 0 Å². The summed E-state index contributed by atoms with van der Waals surface area (Å²) in [7, 11) is 0. The molecule has 2 aliphatic rings. The Balaban J connectivity index is 2.04. The maximum atomic E-state index is 12.1. The molecule has 2 bridgehead atoms. The number of nitrogens with zero attached hydrogens (tertiary/aromatic N) is 2. The summed E-state index contributed by atoms with van der Waals surface area (Å²) in [5, 5.41) is 9.25. The molecule has 0 radical (unpaired) electrons. The molecule has 0 aromatic carbocycles. The van der Waals surface area contributed by atoms with E-state index in [1.807, 2.05) is 20.8 Å². The van der Waals surface area contributed by atoms with E-state index in [2.05, 4.69) is 0 Å². The van der Waals surface area contributed by atoms with E-state index in [4.69, 9.17) is 4.74 Å². The van der Waals surface area contributed by atoms with Crippen LogP contribution in [0.4, 0.5) is 9.59 Å². The van der Waals surface area contributed by atoms with Gasteiger partial charge in [-0.15, -0.1) is 0 Å². The first-order valence-corrected chi connectivity index (χ1v) is 6.77. The maximum Gasteiger partial charge on any atom is 0.410 e. The van der Waals surface area contributed by atoms with Crippen LogP contribution in [0.2, 0.25) is 0 Å². The standard InChI is InChI=1S/C13H22N2O4/c1-13(2,3)19-12(18)14-7-6-9-4-5-10(8-14)15(9)11(16)17/h9-10H,4-8H2,1-3H3,(H,16,17). The maximum absolute atomic E-state index is 12.1. The molecule has 2 atom stereocenters. The number of fused-ring (bicyclic) bond motifs is 2. The van der Waals surface area contributed by atoms with E-state index >= 15 is 0 Å². The van der Waals surface area contributed by atoms with E-state index in [1.165, 1.54) is 4.90 Å². The topological polar surface area (TPSA) is 70.1 Å². The smallest absolute Gasteiger partial charge is 0.410 e. The van der Waals surface area contributed by atoms with Gasteiger partial charge in [-0.05, 0) is 40.0 Å². The average molecular weight is 270 g/mol. The van der Waals surface area contributed by atoms with Gasteiger partial charge in [0, 0.05) is 19.1 Å². The Labute approximate surface area is 113 Å². The molecule has 2 unspecified atom stereocenters. The zero-order valence-corrected chi connectivity index (χ0v) is 11.8. The fourth-order valence-electron chi connectivity index (χ4n) is 2.88. The molecule has 2 amide bonds. The number of hydrogen-bond donors (Lipinski definition) is 1. The van der Waals surface area contributed by atoms with Gasteiger partial charge in [-0.3, -0.25) is 0 Å². The first-order valence-electron chi connectivity index (χ1n) is 6.77. The molecule has 108 valence electrons. The summed E-state index contributed by atoms with van der Waals surface area (Å²) in [5.74, 6) is 0. The molecule has 0 aliphatic carbocycles. The summed E-state index contributed by atoms with van der Waals surface area (Å²) in [4.78, 5) is 26.5. The van der Waals surface area contributed by atoms with Crippen LogP contribution in [0.5, 0.6) is 0 Å². The predicted molar refractivity (Wildman–Crippen MR) is 69.1 cm³/mol. The molecular formula is C13H22N2O4. The van der Waals surface area contributed by atoms with Gasteiger partial charge in [0.15, 0.2) is 0 Å². The molecule has 2 rings (SSSR count). The lowest BCUT2D eigenvalue weighted by Crippen LogP contribution is -2.44. The monoisotopic (exact) mass is 270 g/mol. The van der Waals surface area contributed by atoms with E-state index in [0.29, 0.717) is 19.5 Å². The van der Waals surface area contributed by atoms with Crippen molar-refractivity contribution in [3.8, 4) is 0 Å². The summed E-state index contributed by atoms with van der Waals surface area (Å²) >= 11 is 0. The van der Waals surface area contributed by atoms with E-state index in [0.717, 1.165) is 12.8 Å².